The van der Waals surface area contributed by atoms with E-state index in [1.807, 2.05) is 45.1 Å². The third-order valence-corrected chi connectivity index (χ3v) is 6.38. The lowest BCUT2D eigenvalue weighted by atomic mass is 10.3. The summed E-state index contributed by atoms with van der Waals surface area (Å²) in [5.74, 6) is 0.230. The van der Waals surface area contributed by atoms with Gasteiger partial charge in [0, 0.05) is 38.0 Å². The molecule has 0 aromatic carbocycles. The zero-order valence-corrected chi connectivity index (χ0v) is 14.9. The molecule has 22 heavy (non-hydrogen) atoms. The molecule has 1 rings (SSSR count). The first-order valence-corrected chi connectivity index (χ1v) is 10.0. The maximum atomic E-state index is 9.86. The average molecular weight is 327 g/mol. The highest BCUT2D eigenvalue weighted by atomic mass is 28.4. The highest BCUT2D eigenvalue weighted by Crippen LogP contribution is 2.19. The summed E-state index contributed by atoms with van der Waals surface area (Å²) in [5, 5.41) is 12.9. The van der Waals surface area contributed by atoms with Gasteiger partial charge in [-0.25, -0.2) is 0 Å². The lowest BCUT2D eigenvalue weighted by Crippen LogP contribution is -2.46. The zero-order chi connectivity index (χ0) is 16.3. The molecule has 0 heterocycles. The van der Waals surface area contributed by atoms with E-state index in [2.05, 4.69) is 5.32 Å². The number of allylic oxidation sites excluding steroid dienone is 5. The average Bonchev–Trinajstić information content (AvgIpc) is 3.02. The minimum atomic E-state index is -2.52. The normalized spacial score (nSPS) is 13.9. The van der Waals surface area contributed by atoms with E-state index in [4.69, 9.17) is 13.3 Å². The van der Waals surface area contributed by atoms with E-state index in [0.29, 0.717) is 26.4 Å². The van der Waals surface area contributed by atoms with E-state index < -0.39 is 8.80 Å². The van der Waals surface area contributed by atoms with Gasteiger partial charge in [-0.05, 0) is 45.8 Å². The van der Waals surface area contributed by atoms with Crippen molar-refractivity contribution >= 4 is 8.80 Å². The first-order chi connectivity index (χ1) is 10.7. The number of aliphatic hydroxyl groups excluding tert-OH is 1. The summed E-state index contributed by atoms with van der Waals surface area (Å²) in [6.45, 7) is 8.44. The molecule has 0 radical (unpaired) electrons. The molecule has 0 saturated heterocycles. The molecule has 0 atom stereocenters. The summed E-state index contributed by atoms with van der Waals surface area (Å²) in [4.78, 5) is 0. The molecular weight excluding hydrogens is 298 g/mol. The second-order valence-electron chi connectivity index (χ2n) is 4.89. The predicted molar refractivity (Wildman–Crippen MR) is 90.6 cm³/mol. The van der Waals surface area contributed by atoms with Crippen molar-refractivity contribution in [3.63, 3.8) is 0 Å². The summed E-state index contributed by atoms with van der Waals surface area (Å²) < 4.78 is 17.4. The minimum absolute atomic E-state index is 0.230. The SMILES string of the molecule is CCO[Si](CCCCNC(O)=C1C=CC=C1)(OCC)OCC. The van der Waals surface area contributed by atoms with Crippen molar-refractivity contribution in [3.8, 4) is 0 Å². The van der Waals surface area contributed by atoms with Crippen molar-refractivity contribution in [1.29, 1.82) is 0 Å². The number of aliphatic hydroxyl groups is 1. The van der Waals surface area contributed by atoms with Gasteiger partial charge < -0.3 is 23.7 Å². The van der Waals surface area contributed by atoms with E-state index in [9.17, 15) is 5.11 Å². The second-order valence-corrected chi connectivity index (χ2v) is 7.62. The molecule has 6 heteroatoms. The van der Waals surface area contributed by atoms with Crippen LogP contribution >= 0.6 is 0 Å². The van der Waals surface area contributed by atoms with Crippen molar-refractivity contribution in [2.24, 2.45) is 0 Å². The molecule has 1 aliphatic rings. The number of rotatable bonds is 12. The van der Waals surface area contributed by atoms with Gasteiger partial charge in [0.05, 0.1) is 0 Å². The number of hydrogen-bond acceptors (Lipinski definition) is 5. The van der Waals surface area contributed by atoms with Gasteiger partial charge in [0.1, 0.15) is 0 Å². The van der Waals surface area contributed by atoms with Crippen LogP contribution in [0.1, 0.15) is 33.6 Å². The Morgan fingerprint density at radius 1 is 1.00 bits per heavy atom. The Kier molecular flexibility index (Phi) is 9.15. The quantitative estimate of drug-likeness (QED) is 0.327. The molecule has 5 nitrogen and oxygen atoms in total. The number of nitrogens with one attached hydrogen (secondary N) is 1. The smallest absolute Gasteiger partial charge is 0.494 e. The first kappa shape index (κ1) is 19.0. The predicted octanol–water partition coefficient (Wildman–Crippen LogP) is 3.30. The van der Waals surface area contributed by atoms with Crippen molar-refractivity contribution in [2.45, 2.75) is 39.7 Å². The monoisotopic (exact) mass is 327 g/mol. The molecule has 0 bridgehead atoms. The lowest BCUT2D eigenvalue weighted by Gasteiger charge is -2.28. The molecule has 0 saturated carbocycles. The summed E-state index contributed by atoms with van der Waals surface area (Å²) in [5.41, 5.74) is 0.821. The molecule has 0 aromatic rings. The van der Waals surface area contributed by atoms with E-state index in [1.165, 1.54) is 0 Å². The first-order valence-electron chi connectivity index (χ1n) is 8.11. The van der Waals surface area contributed by atoms with Crippen LogP contribution in [0.25, 0.3) is 0 Å². The molecule has 126 valence electrons. The maximum Gasteiger partial charge on any atom is 0.500 e. The largest absolute Gasteiger partial charge is 0.500 e. The minimum Gasteiger partial charge on any atom is -0.494 e. The van der Waals surface area contributed by atoms with Crippen LogP contribution in [0.15, 0.2) is 35.8 Å². The molecule has 0 unspecified atom stereocenters. The van der Waals surface area contributed by atoms with Crippen LogP contribution in [0.2, 0.25) is 6.04 Å². The Bertz CT molecular complexity index is 376. The van der Waals surface area contributed by atoms with Crippen molar-refractivity contribution in [3.05, 3.63) is 35.8 Å². The van der Waals surface area contributed by atoms with Crippen LogP contribution in [-0.4, -0.2) is 40.3 Å². The standard InChI is InChI=1S/C16H29NO4Si/c1-4-19-22(20-5-2,21-6-3)14-10-9-13-17-16(18)15-11-7-8-12-15/h7-8,11-12,17-18H,4-6,9-10,13-14H2,1-3H3. The topological polar surface area (TPSA) is 60.0 Å². The fourth-order valence-corrected chi connectivity index (χ4v) is 4.99. The zero-order valence-electron chi connectivity index (χ0n) is 13.9. The van der Waals surface area contributed by atoms with Crippen LogP contribution in [0, 0.1) is 0 Å². The van der Waals surface area contributed by atoms with Crippen LogP contribution < -0.4 is 5.32 Å². The highest BCUT2D eigenvalue weighted by Gasteiger charge is 2.39. The lowest BCUT2D eigenvalue weighted by molar-refractivity contribution is 0.0707. The third kappa shape index (κ3) is 6.35. The fraction of sp³-hybridized carbons (Fsp3) is 0.625. The van der Waals surface area contributed by atoms with E-state index in [0.717, 1.165) is 24.5 Å². The molecule has 0 spiro atoms. The summed E-state index contributed by atoms with van der Waals surface area (Å²) in [7, 11) is -2.52. The van der Waals surface area contributed by atoms with Crippen molar-refractivity contribution < 1.29 is 18.4 Å². The Morgan fingerprint density at radius 2 is 1.55 bits per heavy atom. The highest BCUT2D eigenvalue weighted by molar-refractivity contribution is 6.60. The van der Waals surface area contributed by atoms with E-state index in [-0.39, 0.29) is 5.88 Å². The number of hydrogen-bond donors (Lipinski definition) is 2. The molecule has 0 fully saturated rings. The Hall–Kier alpha value is -1.08. The maximum absolute atomic E-state index is 9.86. The van der Waals surface area contributed by atoms with Crippen molar-refractivity contribution in [2.75, 3.05) is 26.4 Å². The van der Waals surface area contributed by atoms with Gasteiger partial charge in [0.2, 0.25) is 0 Å². The van der Waals surface area contributed by atoms with Gasteiger partial charge in [-0.3, -0.25) is 0 Å². The summed E-state index contributed by atoms with van der Waals surface area (Å²) in [6.07, 6.45) is 9.41. The molecule has 0 aromatic heterocycles. The molecular formula is C16H29NO4Si. The van der Waals surface area contributed by atoms with Crippen LogP contribution in [0.4, 0.5) is 0 Å². The third-order valence-electron chi connectivity index (χ3n) is 3.23. The second kappa shape index (κ2) is 10.6. The van der Waals surface area contributed by atoms with Crippen LogP contribution in [0.5, 0.6) is 0 Å². The summed E-state index contributed by atoms with van der Waals surface area (Å²) >= 11 is 0. The van der Waals surface area contributed by atoms with Gasteiger partial charge in [0.15, 0.2) is 5.88 Å². The van der Waals surface area contributed by atoms with Crippen molar-refractivity contribution in [1.82, 2.24) is 5.32 Å². The van der Waals surface area contributed by atoms with E-state index in [1.54, 1.807) is 0 Å². The fourth-order valence-electron chi connectivity index (χ4n) is 2.31. The summed E-state index contributed by atoms with van der Waals surface area (Å²) in [6, 6.07) is 0.807. The van der Waals surface area contributed by atoms with E-state index >= 15 is 0 Å². The molecule has 2 N–H and O–H groups in total. The molecule has 1 aliphatic carbocycles. The van der Waals surface area contributed by atoms with Crippen LogP contribution in [-0.2, 0) is 13.3 Å². The van der Waals surface area contributed by atoms with Gasteiger partial charge in [-0.15, -0.1) is 0 Å². The van der Waals surface area contributed by atoms with Crippen LogP contribution in [0.3, 0.4) is 0 Å². The van der Waals surface area contributed by atoms with Gasteiger partial charge in [-0.2, -0.15) is 0 Å². The van der Waals surface area contributed by atoms with Gasteiger partial charge in [0.25, 0.3) is 0 Å². The molecule has 0 amide bonds. The Labute approximate surface area is 135 Å². The Balaban J connectivity index is 2.34. The van der Waals surface area contributed by atoms with Gasteiger partial charge >= 0.3 is 8.80 Å². The number of unbranched alkanes of at least 4 members (excludes halogenated alkanes) is 1. The molecule has 0 aliphatic heterocycles. The Morgan fingerprint density at radius 3 is 2.05 bits per heavy atom. The van der Waals surface area contributed by atoms with Gasteiger partial charge in [-0.1, -0.05) is 12.2 Å².